The third-order valence-electron chi connectivity index (χ3n) is 5.25. The topological polar surface area (TPSA) is 102 Å². The van der Waals surface area contributed by atoms with Crippen molar-refractivity contribution >= 4 is 47.2 Å². The zero-order valence-corrected chi connectivity index (χ0v) is 18.3. The summed E-state index contributed by atoms with van der Waals surface area (Å²) >= 11 is 0. The van der Waals surface area contributed by atoms with Gasteiger partial charge in [-0.2, -0.15) is 0 Å². The molecule has 2 aromatic carbocycles. The Labute approximate surface area is 215 Å². The van der Waals surface area contributed by atoms with E-state index in [4.69, 9.17) is 9.47 Å². The monoisotopic (exact) mass is 457 g/mol. The van der Waals surface area contributed by atoms with Crippen molar-refractivity contribution in [3.05, 3.63) is 65.0 Å². The van der Waals surface area contributed by atoms with Gasteiger partial charge in [0.05, 0.1) is 5.69 Å². The van der Waals surface area contributed by atoms with E-state index in [1.54, 1.807) is 6.08 Å². The maximum absolute atomic E-state index is 12.6. The van der Waals surface area contributed by atoms with E-state index in [0.717, 1.165) is 17.5 Å². The molecule has 1 aliphatic rings. The maximum atomic E-state index is 12.6. The molecule has 9 heteroatoms. The number of aromatic amines is 1. The number of tetrazole rings is 1. The molecule has 1 unspecified atom stereocenters. The van der Waals surface area contributed by atoms with Crippen LogP contribution in [0.15, 0.2) is 42.5 Å². The van der Waals surface area contributed by atoms with Gasteiger partial charge in [-0.1, -0.05) is 44.0 Å². The van der Waals surface area contributed by atoms with Crippen LogP contribution in [0.3, 0.4) is 0 Å². The number of benzene rings is 2. The van der Waals surface area contributed by atoms with Gasteiger partial charge in [-0.3, -0.25) is 4.79 Å². The van der Waals surface area contributed by atoms with Crippen molar-refractivity contribution in [1.29, 1.82) is 0 Å². The number of H-pyrrole nitrogens is 1. The quantitative estimate of drug-likeness (QED) is 0.303. The third-order valence-corrected chi connectivity index (χ3v) is 5.25. The van der Waals surface area contributed by atoms with Gasteiger partial charge >= 0.3 is 29.6 Å². The molecule has 8 nitrogen and oxygen atoms in total. The number of unbranched alkanes of at least 4 members (excludes halogenated alkanes) is 2. The number of nitrogens with zero attached hydrogens (tertiary/aromatic N) is 3. The van der Waals surface area contributed by atoms with Crippen molar-refractivity contribution in [1.82, 2.24) is 20.6 Å². The summed E-state index contributed by atoms with van der Waals surface area (Å²) in [5.41, 5.74) is 3.78. The van der Waals surface area contributed by atoms with Crippen LogP contribution in [0, 0.1) is 6.92 Å². The van der Waals surface area contributed by atoms with Gasteiger partial charge in [0, 0.05) is 6.08 Å². The minimum absolute atomic E-state index is 0. The van der Waals surface area contributed by atoms with Gasteiger partial charge in [-0.25, -0.2) is 5.10 Å². The van der Waals surface area contributed by atoms with Gasteiger partial charge in [0.25, 0.3) is 0 Å². The number of carbonyl (C=O) groups excluding carboxylic acids is 1. The molecule has 1 aliphatic heterocycles. The molecule has 0 aliphatic carbocycles. The summed E-state index contributed by atoms with van der Waals surface area (Å²) in [5, 5.41) is 16.6. The SMILES string of the molecule is CCCCCc1ccc(C=CC(=O)Nc2cc(C)cc3c2OC(c2nnn[nH]2)CO3)cc1.[NaH]. The number of hydrogen-bond acceptors (Lipinski definition) is 6. The van der Waals surface area contributed by atoms with Crippen molar-refractivity contribution in [3.63, 3.8) is 0 Å². The summed E-state index contributed by atoms with van der Waals surface area (Å²) in [6.07, 6.45) is 7.58. The van der Waals surface area contributed by atoms with Crippen molar-refractivity contribution in [2.75, 3.05) is 11.9 Å². The van der Waals surface area contributed by atoms with Crippen LogP contribution in [0.25, 0.3) is 6.08 Å². The summed E-state index contributed by atoms with van der Waals surface area (Å²) in [6, 6.07) is 12.0. The van der Waals surface area contributed by atoms with Crippen LogP contribution in [-0.4, -0.2) is 62.7 Å². The predicted molar refractivity (Wildman–Crippen MR) is 129 cm³/mol. The standard InChI is InChI=1S/C24H27N5O3.Na.H/c1-3-4-5-6-17-7-9-18(10-8-17)11-12-22(30)25-19-13-16(2)14-20-23(19)32-21(15-31-20)24-26-28-29-27-24;;/h7-14,21H,3-6,15H2,1-2H3,(H,25,30)(H,26,27,28,29);;. The van der Waals surface area contributed by atoms with E-state index in [1.807, 2.05) is 31.2 Å². The first-order valence-electron chi connectivity index (χ1n) is 10.9. The first-order chi connectivity index (χ1) is 15.6. The summed E-state index contributed by atoms with van der Waals surface area (Å²) in [7, 11) is 0. The fraction of sp³-hybridized carbons (Fsp3) is 0.333. The van der Waals surface area contributed by atoms with Gasteiger partial charge in [0.2, 0.25) is 5.91 Å². The second-order valence-corrected chi connectivity index (χ2v) is 7.86. The number of fused-ring (bicyclic) bond motifs is 1. The molecule has 168 valence electrons. The average molecular weight is 458 g/mol. The molecule has 33 heavy (non-hydrogen) atoms. The van der Waals surface area contributed by atoms with E-state index in [9.17, 15) is 4.79 Å². The van der Waals surface area contributed by atoms with Gasteiger partial charge in [-0.15, -0.1) is 5.10 Å². The average Bonchev–Trinajstić information content (AvgIpc) is 3.33. The van der Waals surface area contributed by atoms with Crippen molar-refractivity contribution in [2.45, 2.75) is 45.6 Å². The van der Waals surface area contributed by atoms with E-state index >= 15 is 0 Å². The molecule has 0 bridgehead atoms. The number of aromatic nitrogens is 4. The number of nitrogens with one attached hydrogen (secondary N) is 2. The number of rotatable bonds is 8. The number of hydrogen-bond donors (Lipinski definition) is 2. The Balaban J connectivity index is 0.00000306. The number of ether oxygens (including phenoxy) is 2. The fourth-order valence-corrected chi connectivity index (χ4v) is 3.56. The van der Waals surface area contributed by atoms with Crippen molar-refractivity contribution < 1.29 is 14.3 Å². The zero-order valence-electron chi connectivity index (χ0n) is 18.3. The summed E-state index contributed by atoms with van der Waals surface area (Å²) in [4.78, 5) is 12.6. The van der Waals surface area contributed by atoms with Crippen LogP contribution in [0.4, 0.5) is 5.69 Å². The Bertz CT molecular complexity index is 1080. The number of anilines is 1. The molecule has 0 radical (unpaired) electrons. The van der Waals surface area contributed by atoms with Gasteiger partial charge in [-0.05, 0) is 65.1 Å². The molecule has 1 amide bonds. The first-order valence-corrected chi connectivity index (χ1v) is 10.9. The van der Waals surface area contributed by atoms with E-state index in [2.05, 4.69) is 45.0 Å². The van der Waals surface area contributed by atoms with E-state index in [0.29, 0.717) is 23.0 Å². The Morgan fingerprint density at radius 1 is 1.24 bits per heavy atom. The van der Waals surface area contributed by atoms with Crippen molar-refractivity contribution in [3.8, 4) is 11.5 Å². The van der Waals surface area contributed by atoms with Gasteiger partial charge in [0.15, 0.2) is 23.4 Å². The molecule has 2 N–H and O–H groups in total. The van der Waals surface area contributed by atoms with Crippen LogP contribution in [0.2, 0.25) is 0 Å². The van der Waals surface area contributed by atoms with Crippen LogP contribution >= 0.6 is 0 Å². The molecule has 0 spiro atoms. The zero-order chi connectivity index (χ0) is 22.3. The molecule has 0 saturated carbocycles. The normalized spacial score (nSPS) is 14.7. The summed E-state index contributed by atoms with van der Waals surface area (Å²) < 4.78 is 11.9. The molecule has 0 saturated heterocycles. The van der Waals surface area contributed by atoms with E-state index in [-0.39, 0.29) is 42.1 Å². The fourth-order valence-electron chi connectivity index (χ4n) is 3.56. The van der Waals surface area contributed by atoms with Crippen LogP contribution in [0.5, 0.6) is 11.5 Å². The second-order valence-electron chi connectivity index (χ2n) is 7.86. The molecular weight excluding hydrogens is 429 g/mol. The molecule has 2 heterocycles. The van der Waals surface area contributed by atoms with Crippen LogP contribution < -0.4 is 14.8 Å². The van der Waals surface area contributed by atoms with Gasteiger partial charge < -0.3 is 14.8 Å². The number of amides is 1. The Morgan fingerprint density at radius 3 is 2.79 bits per heavy atom. The first kappa shape index (κ1) is 25.0. The Hall–Kier alpha value is -2.68. The molecular formula is C24H28N5NaO3. The Kier molecular flexibility index (Phi) is 9.05. The van der Waals surface area contributed by atoms with Gasteiger partial charge in [0.1, 0.15) is 6.61 Å². The molecule has 4 rings (SSSR count). The van der Waals surface area contributed by atoms with E-state index in [1.165, 1.54) is 30.9 Å². The van der Waals surface area contributed by atoms with Crippen LogP contribution in [0.1, 0.15) is 54.8 Å². The summed E-state index contributed by atoms with van der Waals surface area (Å²) in [5.74, 6) is 1.25. The number of carbonyl (C=O) groups is 1. The minimum atomic E-state index is -0.484. The molecule has 1 atom stereocenters. The molecule has 1 aromatic heterocycles. The van der Waals surface area contributed by atoms with Crippen molar-refractivity contribution in [2.24, 2.45) is 0 Å². The van der Waals surface area contributed by atoms with Crippen LogP contribution in [-0.2, 0) is 11.2 Å². The van der Waals surface area contributed by atoms with E-state index < -0.39 is 6.10 Å². The predicted octanol–water partition coefficient (Wildman–Crippen LogP) is 3.76. The number of aryl methyl sites for hydroxylation is 2. The molecule has 0 fully saturated rings. The third kappa shape index (κ3) is 6.66. The second kappa shape index (κ2) is 12.0. The summed E-state index contributed by atoms with van der Waals surface area (Å²) in [6.45, 7) is 4.41. The Morgan fingerprint density at radius 2 is 2.06 bits per heavy atom. The molecule has 3 aromatic rings.